The van der Waals surface area contributed by atoms with Gasteiger partial charge in [0.05, 0.1) is 7.11 Å². The maximum absolute atomic E-state index is 5.46. The van der Waals surface area contributed by atoms with Crippen molar-refractivity contribution in [2.75, 3.05) is 7.11 Å². The molecule has 0 radical (unpaired) electrons. The van der Waals surface area contributed by atoms with E-state index < -0.39 is 0 Å². The van der Waals surface area contributed by atoms with Crippen LogP contribution in [0.15, 0.2) is 10.3 Å². The molecule has 0 bridgehead atoms. The molecule has 1 nitrogen and oxygen atoms in total. The molecule has 0 heterocycles. The number of methoxy groups -OCH3 is 1. The van der Waals surface area contributed by atoms with Gasteiger partial charge < -0.3 is 4.74 Å². The van der Waals surface area contributed by atoms with E-state index in [4.69, 9.17) is 27.9 Å². The van der Waals surface area contributed by atoms with Crippen molar-refractivity contribution in [3.63, 3.8) is 0 Å². The van der Waals surface area contributed by atoms with Crippen LogP contribution < -0.4 is 0 Å². The molecule has 9 heavy (non-hydrogen) atoms. The van der Waals surface area contributed by atoms with Gasteiger partial charge in [0, 0.05) is 5.92 Å². The molecule has 0 saturated carbocycles. The first-order valence-corrected chi connectivity index (χ1v) is 3.44. The van der Waals surface area contributed by atoms with Crippen molar-refractivity contribution in [3.8, 4) is 0 Å². The van der Waals surface area contributed by atoms with Crippen LogP contribution in [0.1, 0.15) is 13.8 Å². The van der Waals surface area contributed by atoms with Crippen molar-refractivity contribution >= 4 is 23.2 Å². The van der Waals surface area contributed by atoms with Gasteiger partial charge >= 0.3 is 0 Å². The van der Waals surface area contributed by atoms with E-state index in [1.165, 1.54) is 0 Å². The van der Waals surface area contributed by atoms with Crippen LogP contribution in [0, 0.1) is 5.92 Å². The molecular formula is C6H10Cl2O. The van der Waals surface area contributed by atoms with Gasteiger partial charge in [0.1, 0.15) is 10.3 Å². The quantitative estimate of drug-likeness (QED) is 0.577. The van der Waals surface area contributed by atoms with Gasteiger partial charge in [-0.3, -0.25) is 0 Å². The Hall–Kier alpha value is 0.120. The molecule has 0 N–H and O–H groups in total. The van der Waals surface area contributed by atoms with E-state index in [0.717, 1.165) is 0 Å². The van der Waals surface area contributed by atoms with Crippen molar-refractivity contribution < 1.29 is 4.74 Å². The lowest BCUT2D eigenvalue weighted by Gasteiger charge is -2.08. The number of hydrogen-bond acceptors (Lipinski definition) is 1. The molecule has 0 unspecified atom stereocenters. The SMILES string of the molecule is COC(=C(Cl)Cl)C(C)C. The van der Waals surface area contributed by atoms with Gasteiger partial charge in [0.2, 0.25) is 0 Å². The number of rotatable bonds is 2. The normalized spacial score (nSPS) is 9.56. The van der Waals surface area contributed by atoms with Crippen molar-refractivity contribution in [2.24, 2.45) is 5.92 Å². The van der Waals surface area contributed by atoms with Gasteiger partial charge in [0.15, 0.2) is 0 Å². The van der Waals surface area contributed by atoms with Crippen LogP contribution in [0.25, 0.3) is 0 Å². The lowest BCUT2D eigenvalue weighted by molar-refractivity contribution is 0.253. The Labute approximate surface area is 65.6 Å². The molecule has 0 atom stereocenters. The molecule has 0 aromatic heterocycles. The Kier molecular flexibility index (Phi) is 4.07. The Bertz CT molecular complexity index is 114. The maximum Gasteiger partial charge on any atom is 0.144 e. The Morgan fingerprint density at radius 3 is 1.78 bits per heavy atom. The fraction of sp³-hybridized carbons (Fsp3) is 0.667. The Morgan fingerprint density at radius 2 is 1.78 bits per heavy atom. The number of allylic oxidation sites excluding steroid dienone is 1. The van der Waals surface area contributed by atoms with E-state index in [-0.39, 0.29) is 10.4 Å². The maximum atomic E-state index is 5.46. The summed E-state index contributed by atoms with van der Waals surface area (Å²) in [4.78, 5) is 0. The average molecular weight is 169 g/mol. The van der Waals surface area contributed by atoms with E-state index in [1.807, 2.05) is 13.8 Å². The summed E-state index contributed by atoms with van der Waals surface area (Å²) in [6, 6.07) is 0. The summed E-state index contributed by atoms with van der Waals surface area (Å²) in [5.41, 5.74) is 0. The first-order chi connectivity index (χ1) is 4.09. The first kappa shape index (κ1) is 9.12. The van der Waals surface area contributed by atoms with Crippen LogP contribution in [-0.2, 0) is 4.74 Å². The predicted octanol–water partition coefficient (Wildman–Crippen LogP) is 2.94. The highest BCUT2D eigenvalue weighted by molar-refractivity contribution is 6.56. The van der Waals surface area contributed by atoms with Gasteiger partial charge in [-0.1, -0.05) is 37.0 Å². The number of ether oxygens (including phenoxy) is 1. The largest absolute Gasteiger partial charge is 0.498 e. The average Bonchev–Trinajstić information content (AvgIpc) is 1.64. The van der Waals surface area contributed by atoms with Gasteiger partial charge in [-0.2, -0.15) is 0 Å². The molecule has 0 fully saturated rings. The summed E-state index contributed by atoms with van der Waals surface area (Å²) >= 11 is 10.9. The van der Waals surface area contributed by atoms with Crippen LogP contribution in [-0.4, -0.2) is 7.11 Å². The number of hydrogen-bond donors (Lipinski definition) is 0. The summed E-state index contributed by atoms with van der Waals surface area (Å²) in [6.45, 7) is 3.92. The number of halogens is 2. The molecule has 0 aromatic rings. The van der Waals surface area contributed by atoms with Crippen molar-refractivity contribution in [3.05, 3.63) is 10.3 Å². The molecule has 0 saturated heterocycles. The third-order valence-electron chi connectivity index (χ3n) is 0.931. The van der Waals surface area contributed by atoms with Gasteiger partial charge in [-0.05, 0) is 0 Å². The van der Waals surface area contributed by atoms with Gasteiger partial charge in [0.25, 0.3) is 0 Å². The van der Waals surface area contributed by atoms with E-state index in [0.29, 0.717) is 5.76 Å². The minimum atomic E-state index is 0.215. The zero-order valence-corrected chi connectivity index (χ0v) is 7.25. The van der Waals surface area contributed by atoms with Crippen LogP contribution in [0.4, 0.5) is 0 Å². The van der Waals surface area contributed by atoms with Crippen LogP contribution >= 0.6 is 23.2 Å². The first-order valence-electron chi connectivity index (χ1n) is 2.68. The lowest BCUT2D eigenvalue weighted by atomic mass is 10.2. The Morgan fingerprint density at radius 1 is 1.33 bits per heavy atom. The third-order valence-corrected chi connectivity index (χ3v) is 1.30. The van der Waals surface area contributed by atoms with Crippen molar-refractivity contribution in [2.45, 2.75) is 13.8 Å². The summed E-state index contributed by atoms with van der Waals surface area (Å²) in [5, 5.41) is 0. The van der Waals surface area contributed by atoms with Gasteiger partial charge in [-0.25, -0.2) is 0 Å². The minimum absolute atomic E-state index is 0.215. The second-order valence-electron chi connectivity index (χ2n) is 1.98. The van der Waals surface area contributed by atoms with Gasteiger partial charge in [-0.15, -0.1) is 0 Å². The molecule has 0 aliphatic carbocycles. The van der Waals surface area contributed by atoms with Crippen LogP contribution in [0.5, 0.6) is 0 Å². The van der Waals surface area contributed by atoms with E-state index >= 15 is 0 Å². The van der Waals surface area contributed by atoms with Crippen molar-refractivity contribution in [1.82, 2.24) is 0 Å². The lowest BCUT2D eigenvalue weighted by Crippen LogP contribution is -1.96. The van der Waals surface area contributed by atoms with E-state index in [9.17, 15) is 0 Å². The summed E-state index contributed by atoms with van der Waals surface area (Å²) in [5.74, 6) is 0.887. The van der Waals surface area contributed by atoms with Crippen molar-refractivity contribution in [1.29, 1.82) is 0 Å². The highest BCUT2D eigenvalue weighted by Gasteiger charge is 2.06. The Balaban J connectivity index is 4.16. The predicted molar refractivity (Wildman–Crippen MR) is 40.6 cm³/mol. The molecule has 0 aliphatic rings. The molecule has 0 spiro atoms. The zero-order chi connectivity index (χ0) is 7.44. The highest BCUT2D eigenvalue weighted by atomic mass is 35.5. The molecule has 3 heteroatoms. The highest BCUT2D eigenvalue weighted by Crippen LogP contribution is 2.21. The third kappa shape index (κ3) is 2.97. The molecular weight excluding hydrogens is 159 g/mol. The monoisotopic (exact) mass is 168 g/mol. The minimum Gasteiger partial charge on any atom is -0.498 e. The standard InChI is InChI=1S/C6H10Cl2O/c1-4(2)5(9-3)6(7)8/h4H,1-3H3. The molecule has 0 amide bonds. The second-order valence-corrected chi connectivity index (χ2v) is 2.93. The van der Waals surface area contributed by atoms with Crippen LogP contribution in [0.3, 0.4) is 0 Å². The molecule has 0 aliphatic heterocycles. The fourth-order valence-corrected chi connectivity index (χ4v) is 1.12. The smallest absolute Gasteiger partial charge is 0.144 e. The summed E-state index contributed by atoms with van der Waals surface area (Å²) in [7, 11) is 1.56. The fourth-order valence-electron chi connectivity index (χ4n) is 0.531. The van der Waals surface area contributed by atoms with Crippen LogP contribution in [0.2, 0.25) is 0 Å². The molecule has 54 valence electrons. The second kappa shape index (κ2) is 4.02. The molecule has 0 rings (SSSR count). The topological polar surface area (TPSA) is 9.23 Å². The summed E-state index contributed by atoms with van der Waals surface area (Å²) < 4.78 is 5.10. The zero-order valence-electron chi connectivity index (χ0n) is 5.74. The van der Waals surface area contributed by atoms with E-state index in [1.54, 1.807) is 7.11 Å². The summed E-state index contributed by atoms with van der Waals surface area (Å²) in [6.07, 6.45) is 0. The van der Waals surface area contributed by atoms with E-state index in [2.05, 4.69) is 0 Å². The molecule has 0 aromatic carbocycles.